The van der Waals surface area contributed by atoms with E-state index in [9.17, 15) is 0 Å². The summed E-state index contributed by atoms with van der Waals surface area (Å²) < 4.78 is 1.79. The van der Waals surface area contributed by atoms with Crippen LogP contribution in [0.4, 0.5) is 0 Å². The van der Waals surface area contributed by atoms with Crippen molar-refractivity contribution in [3.05, 3.63) is 52.3 Å². The van der Waals surface area contributed by atoms with Crippen LogP contribution < -0.4 is 0 Å². The number of rotatable bonds is 2. The highest BCUT2D eigenvalue weighted by Gasteiger charge is 2.06. The van der Waals surface area contributed by atoms with Crippen molar-refractivity contribution in [2.45, 2.75) is 13.5 Å². The zero-order valence-corrected chi connectivity index (χ0v) is 9.57. The fourth-order valence-corrected chi connectivity index (χ4v) is 1.65. The van der Waals surface area contributed by atoms with Gasteiger partial charge in [-0.05, 0) is 18.6 Å². The molecule has 0 spiro atoms. The second kappa shape index (κ2) is 4.38. The molecular weight excluding hydrogens is 222 g/mol. The maximum absolute atomic E-state index is 8.97. The molecule has 0 saturated carbocycles. The van der Waals surface area contributed by atoms with Crippen molar-refractivity contribution in [1.82, 2.24) is 9.78 Å². The molecule has 0 amide bonds. The molecule has 4 heteroatoms. The number of aromatic nitrogens is 2. The summed E-state index contributed by atoms with van der Waals surface area (Å²) in [5, 5.41) is 13.8. The van der Waals surface area contributed by atoms with Gasteiger partial charge in [0.2, 0.25) is 0 Å². The Hall–Kier alpha value is -1.79. The molecule has 16 heavy (non-hydrogen) atoms. The van der Waals surface area contributed by atoms with Crippen LogP contribution in [0.15, 0.2) is 30.5 Å². The molecule has 0 unspecified atom stereocenters. The zero-order valence-electron chi connectivity index (χ0n) is 8.81. The van der Waals surface area contributed by atoms with Gasteiger partial charge in [-0.25, -0.2) is 0 Å². The Morgan fingerprint density at radius 3 is 2.81 bits per heavy atom. The van der Waals surface area contributed by atoms with Gasteiger partial charge in [0, 0.05) is 0 Å². The Bertz CT molecular complexity index is 552. The molecule has 1 heterocycles. The van der Waals surface area contributed by atoms with Crippen LogP contribution in [0.1, 0.15) is 16.8 Å². The van der Waals surface area contributed by atoms with E-state index in [1.54, 1.807) is 16.9 Å². The number of hydrogen-bond donors (Lipinski definition) is 0. The number of halogens is 1. The molecule has 2 aromatic rings. The lowest BCUT2D eigenvalue weighted by Crippen LogP contribution is -2.05. The van der Waals surface area contributed by atoms with Gasteiger partial charge in [-0.1, -0.05) is 29.8 Å². The molecule has 0 aliphatic carbocycles. The van der Waals surface area contributed by atoms with Gasteiger partial charge < -0.3 is 0 Å². The van der Waals surface area contributed by atoms with Crippen LogP contribution in [-0.2, 0) is 6.54 Å². The predicted octanol–water partition coefficient (Wildman–Crippen LogP) is 2.76. The summed E-state index contributed by atoms with van der Waals surface area (Å²) >= 11 is 5.92. The van der Waals surface area contributed by atoms with Crippen molar-refractivity contribution in [2.75, 3.05) is 0 Å². The van der Waals surface area contributed by atoms with E-state index in [4.69, 9.17) is 16.9 Å². The third kappa shape index (κ3) is 1.93. The first-order valence-corrected chi connectivity index (χ1v) is 5.26. The standard InChI is InChI=1S/C12H10ClN3/c1-9-12(13)7-15-16(9)8-11-5-3-2-4-10(11)6-14/h2-5,7H,8H2,1H3. The maximum Gasteiger partial charge on any atom is 0.0995 e. The normalized spacial score (nSPS) is 10.1. The summed E-state index contributed by atoms with van der Waals surface area (Å²) in [7, 11) is 0. The van der Waals surface area contributed by atoms with Crippen LogP contribution in [-0.4, -0.2) is 9.78 Å². The lowest BCUT2D eigenvalue weighted by atomic mass is 10.1. The molecule has 0 fully saturated rings. The van der Waals surface area contributed by atoms with E-state index in [2.05, 4.69) is 11.2 Å². The molecule has 1 aromatic heterocycles. The molecule has 0 radical (unpaired) electrons. The van der Waals surface area contributed by atoms with Gasteiger partial charge in [0.25, 0.3) is 0 Å². The van der Waals surface area contributed by atoms with Crippen LogP contribution in [0.25, 0.3) is 0 Å². The Morgan fingerprint density at radius 2 is 2.19 bits per heavy atom. The van der Waals surface area contributed by atoms with Crippen molar-refractivity contribution in [3.63, 3.8) is 0 Å². The van der Waals surface area contributed by atoms with Gasteiger partial charge in [-0.3, -0.25) is 4.68 Å². The molecular formula is C12H10ClN3. The van der Waals surface area contributed by atoms with Crippen LogP contribution in [0.5, 0.6) is 0 Å². The molecule has 1 aromatic carbocycles. The fraction of sp³-hybridized carbons (Fsp3) is 0.167. The van der Waals surface area contributed by atoms with E-state index < -0.39 is 0 Å². The fourth-order valence-electron chi connectivity index (χ4n) is 1.51. The van der Waals surface area contributed by atoms with E-state index in [-0.39, 0.29) is 0 Å². The van der Waals surface area contributed by atoms with Crippen molar-refractivity contribution in [2.24, 2.45) is 0 Å². The van der Waals surface area contributed by atoms with E-state index in [0.717, 1.165) is 11.3 Å². The van der Waals surface area contributed by atoms with Crippen molar-refractivity contribution in [1.29, 1.82) is 5.26 Å². The van der Waals surface area contributed by atoms with Gasteiger partial charge in [-0.15, -0.1) is 0 Å². The Morgan fingerprint density at radius 1 is 1.44 bits per heavy atom. The number of nitrogens with zero attached hydrogens (tertiary/aromatic N) is 3. The highest BCUT2D eigenvalue weighted by Crippen LogP contribution is 2.16. The summed E-state index contributed by atoms with van der Waals surface area (Å²) in [4.78, 5) is 0. The average Bonchev–Trinajstić information content (AvgIpc) is 2.62. The minimum Gasteiger partial charge on any atom is -0.264 e. The minimum absolute atomic E-state index is 0.572. The Labute approximate surface area is 98.9 Å². The third-order valence-corrected chi connectivity index (χ3v) is 2.87. The first-order valence-electron chi connectivity index (χ1n) is 4.88. The van der Waals surface area contributed by atoms with Crippen LogP contribution >= 0.6 is 11.6 Å². The number of benzene rings is 1. The first-order chi connectivity index (χ1) is 7.72. The molecule has 80 valence electrons. The summed E-state index contributed by atoms with van der Waals surface area (Å²) in [5.41, 5.74) is 2.54. The Kier molecular flexibility index (Phi) is 2.93. The van der Waals surface area contributed by atoms with E-state index in [1.807, 2.05) is 25.1 Å². The molecule has 2 rings (SSSR count). The summed E-state index contributed by atoms with van der Waals surface area (Å²) in [6.45, 7) is 2.48. The zero-order chi connectivity index (χ0) is 11.5. The van der Waals surface area contributed by atoms with E-state index in [0.29, 0.717) is 17.1 Å². The second-order valence-corrected chi connectivity index (χ2v) is 3.91. The molecule has 0 N–H and O–H groups in total. The molecule has 3 nitrogen and oxygen atoms in total. The summed E-state index contributed by atoms with van der Waals surface area (Å²) in [6, 6.07) is 9.66. The van der Waals surface area contributed by atoms with Gasteiger partial charge >= 0.3 is 0 Å². The average molecular weight is 232 g/mol. The molecule has 0 aliphatic rings. The number of hydrogen-bond acceptors (Lipinski definition) is 2. The predicted molar refractivity (Wildman–Crippen MR) is 62.2 cm³/mol. The van der Waals surface area contributed by atoms with Crippen molar-refractivity contribution in [3.8, 4) is 6.07 Å². The van der Waals surface area contributed by atoms with Gasteiger partial charge in [0.05, 0.1) is 35.1 Å². The second-order valence-electron chi connectivity index (χ2n) is 3.50. The van der Waals surface area contributed by atoms with Crippen LogP contribution in [0, 0.1) is 18.3 Å². The minimum atomic E-state index is 0.572. The van der Waals surface area contributed by atoms with Crippen LogP contribution in [0.3, 0.4) is 0 Å². The highest BCUT2D eigenvalue weighted by molar-refractivity contribution is 6.31. The monoisotopic (exact) mass is 231 g/mol. The largest absolute Gasteiger partial charge is 0.264 e. The summed E-state index contributed by atoms with van der Waals surface area (Å²) in [6.07, 6.45) is 1.62. The topological polar surface area (TPSA) is 41.6 Å². The lowest BCUT2D eigenvalue weighted by Gasteiger charge is -2.06. The SMILES string of the molecule is Cc1c(Cl)cnn1Cc1ccccc1C#N. The van der Waals surface area contributed by atoms with Crippen LogP contribution in [0.2, 0.25) is 5.02 Å². The smallest absolute Gasteiger partial charge is 0.0995 e. The third-order valence-electron chi connectivity index (χ3n) is 2.50. The highest BCUT2D eigenvalue weighted by atomic mass is 35.5. The van der Waals surface area contributed by atoms with Crippen molar-refractivity contribution >= 4 is 11.6 Å². The quantitative estimate of drug-likeness (QED) is 0.798. The number of nitriles is 1. The molecule has 0 bridgehead atoms. The molecule has 0 atom stereocenters. The van der Waals surface area contributed by atoms with Crippen molar-refractivity contribution < 1.29 is 0 Å². The summed E-state index contributed by atoms with van der Waals surface area (Å²) in [5.74, 6) is 0. The maximum atomic E-state index is 8.97. The van der Waals surface area contributed by atoms with E-state index in [1.165, 1.54) is 0 Å². The molecule has 0 saturated heterocycles. The van der Waals surface area contributed by atoms with Gasteiger partial charge in [0.1, 0.15) is 0 Å². The lowest BCUT2D eigenvalue weighted by molar-refractivity contribution is 0.664. The van der Waals surface area contributed by atoms with E-state index >= 15 is 0 Å². The Balaban J connectivity index is 2.35. The first kappa shape index (κ1) is 10.7. The van der Waals surface area contributed by atoms with Gasteiger partial charge in [-0.2, -0.15) is 10.4 Å². The van der Waals surface area contributed by atoms with Gasteiger partial charge in [0.15, 0.2) is 0 Å². The molecule has 0 aliphatic heterocycles.